The molecule has 0 fully saturated rings. The predicted molar refractivity (Wildman–Crippen MR) is 39.3 cm³/mol. The first kappa shape index (κ1) is 12.7. The molecular weight excluding hydrogens is 169 g/mol. The number of rotatable bonds is 3. The Kier molecular flexibility index (Phi) is 10.2. The SMILES string of the molecule is O=C(O)C(CO)NP.[Ca+2].[H-].[H-]. The van der Waals surface area contributed by atoms with Gasteiger partial charge in [-0.3, -0.25) is 9.88 Å². The number of carboxylic acid groups (broad SMARTS) is 1. The molecule has 0 radical (unpaired) electrons. The van der Waals surface area contributed by atoms with Crippen LogP contribution in [0.3, 0.4) is 0 Å². The van der Waals surface area contributed by atoms with E-state index in [2.05, 4.69) is 5.09 Å². The fraction of sp³-hybridized carbons (Fsp3) is 0.667. The van der Waals surface area contributed by atoms with E-state index in [9.17, 15) is 4.79 Å². The van der Waals surface area contributed by atoms with Gasteiger partial charge in [-0.25, -0.2) is 0 Å². The number of hydrogen-bond donors (Lipinski definition) is 3. The molecule has 0 bridgehead atoms. The minimum atomic E-state index is -1.05. The summed E-state index contributed by atoms with van der Waals surface area (Å²) in [6.07, 6.45) is 0. The fourth-order valence-electron chi connectivity index (χ4n) is 0.202. The molecule has 2 atom stereocenters. The molecule has 3 N–H and O–H groups in total. The number of aliphatic hydroxyl groups excluding tert-OH is 1. The van der Waals surface area contributed by atoms with Crippen molar-refractivity contribution < 1.29 is 17.9 Å². The Bertz CT molecular complexity index is 94.7. The van der Waals surface area contributed by atoms with Crippen LogP contribution in [0.5, 0.6) is 0 Å². The van der Waals surface area contributed by atoms with Crippen LogP contribution in [0.25, 0.3) is 0 Å². The smallest absolute Gasteiger partial charge is 1.00 e. The quantitative estimate of drug-likeness (QED) is 0.370. The first-order valence-corrected chi connectivity index (χ1v) is 2.60. The average molecular weight is 179 g/mol. The van der Waals surface area contributed by atoms with Crippen LogP contribution in [-0.2, 0) is 4.79 Å². The molecule has 52 valence electrons. The number of aliphatic hydroxyl groups is 1. The van der Waals surface area contributed by atoms with Crippen molar-refractivity contribution in [2.45, 2.75) is 6.04 Å². The number of carboxylic acids is 1. The van der Waals surface area contributed by atoms with Crippen molar-refractivity contribution in [1.29, 1.82) is 0 Å². The van der Waals surface area contributed by atoms with Crippen LogP contribution in [-0.4, -0.2) is 66.6 Å². The van der Waals surface area contributed by atoms with Gasteiger partial charge in [0.2, 0.25) is 0 Å². The van der Waals surface area contributed by atoms with Crippen LogP contribution in [0.1, 0.15) is 2.85 Å². The molecule has 0 aliphatic carbocycles. The number of nitrogens with one attached hydrogen (secondary N) is 1. The van der Waals surface area contributed by atoms with Crippen molar-refractivity contribution in [1.82, 2.24) is 5.09 Å². The van der Waals surface area contributed by atoms with Crippen LogP contribution in [0.2, 0.25) is 0 Å². The zero-order chi connectivity index (χ0) is 6.57. The molecule has 0 aromatic rings. The summed E-state index contributed by atoms with van der Waals surface area (Å²) in [5.41, 5.74) is 0. The summed E-state index contributed by atoms with van der Waals surface area (Å²) >= 11 is 0. The summed E-state index contributed by atoms with van der Waals surface area (Å²) in [5.74, 6) is -1.05. The molecule has 2 unspecified atom stereocenters. The second kappa shape index (κ2) is 7.19. The first-order valence-electron chi connectivity index (χ1n) is 2.02. The molecule has 0 aromatic heterocycles. The van der Waals surface area contributed by atoms with Gasteiger partial charge in [-0.15, -0.1) is 0 Å². The van der Waals surface area contributed by atoms with E-state index in [1.807, 2.05) is 9.39 Å². The van der Waals surface area contributed by atoms with E-state index in [-0.39, 0.29) is 40.6 Å². The second-order valence-electron chi connectivity index (χ2n) is 1.24. The van der Waals surface area contributed by atoms with Crippen LogP contribution in [0.15, 0.2) is 0 Å². The Hall–Kier alpha value is 1.08. The minimum Gasteiger partial charge on any atom is -1.00 e. The molecule has 0 spiro atoms. The molecule has 0 aromatic carbocycles. The summed E-state index contributed by atoms with van der Waals surface area (Å²) in [6, 6.07) is -0.861. The van der Waals surface area contributed by atoms with Gasteiger partial charge in [0.25, 0.3) is 0 Å². The first-order chi connectivity index (χ1) is 3.72. The van der Waals surface area contributed by atoms with Crippen LogP contribution in [0, 0.1) is 0 Å². The van der Waals surface area contributed by atoms with E-state index >= 15 is 0 Å². The van der Waals surface area contributed by atoms with Gasteiger partial charge >= 0.3 is 43.7 Å². The minimum absolute atomic E-state index is 0. The second-order valence-corrected chi connectivity index (χ2v) is 1.57. The zero-order valence-corrected chi connectivity index (χ0v) is 8.23. The maximum atomic E-state index is 9.93. The Balaban J connectivity index is -0.0000000817. The average Bonchev–Trinajstić information content (AvgIpc) is 1.69. The van der Waals surface area contributed by atoms with Gasteiger partial charge < -0.3 is 13.1 Å². The monoisotopic (exact) mass is 179 g/mol. The Morgan fingerprint density at radius 3 is 2.33 bits per heavy atom. The maximum absolute atomic E-state index is 9.93. The third-order valence-corrected chi connectivity index (χ3v) is 1.08. The number of carbonyl (C=O) groups is 1. The summed E-state index contributed by atoms with van der Waals surface area (Å²) in [4.78, 5) is 9.93. The van der Waals surface area contributed by atoms with Crippen LogP contribution < -0.4 is 5.09 Å². The van der Waals surface area contributed by atoms with Gasteiger partial charge in [0.05, 0.1) is 6.61 Å². The van der Waals surface area contributed by atoms with Crippen molar-refractivity contribution in [3.05, 3.63) is 0 Å². The van der Waals surface area contributed by atoms with Gasteiger partial charge in [0.15, 0.2) is 0 Å². The predicted octanol–water partition coefficient (Wildman–Crippen LogP) is -1.34. The summed E-state index contributed by atoms with van der Waals surface area (Å²) in [7, 11) is 2.02. The van der Waals surface area contributed by atoms with Crippen LogP contribution in [0.4, 0.5) is 0 Å². The third-order valence-electron chi connectivity index (χ3n) is 0.682. The number of hydrogen-bond acceptors (Lipinski definition) is 3. The van der Waals surface area contributed by atoms with E-state index in [0.717, 1.165) is 0 Å². The Morgan fingerprint density at radius 2 is 2.33 bits per heavy atom. The van der Waals surface area contributed by atoms with E-state index in [0.29, 0.717) is 0 Å². The Morgan fingerprint density at radius 1 is 1.89 bits per heavy atom. The molecule has 0 aliphatic heterocycles. The molecule has 0 saturated carbocycles. The Labute approximate surface area is 88.2 Å². The van der Waals surface area contributed by atoms with E-state index in [4.69, 9.17) is 10.2 Å². The van der Waals surface area contributed by atoms with Crippen molar-refractivity contribution >= 4 is 53.1 Å². The third kappa shape index (κ3) is 5.52. The van der Waals surface area contributed by atoms with Gasteiger partial charge in [-0.05, 0) is 0 Å². The maximum Gasteiger partial charge on any atom is 2.00 e. The molecule has 9 heavy (non-hydrogen) atoms. The van der Waals surface area contributed by atoms with E-state index in [1.165, 1.54) is 0 Å². The van der Waals surface area contributed by atoms with Gasteiger partial charge in [-0.2, -0.15) is 0 Å². The van der Waals surface area contributed by atoms with Crippen molar-refractivity contribution in [2.24, 2.45) is 0 Å². The molecular formula is C3H10CaNO3P. The van der Waals surface area contributed by atoms with Gasteiger partial charge in [0, 0.05) is 0 Å². The molecule has 0 amide bonds. The van der Waals surface area contributed by atoms with E-state index in [1.54, 1.807) is 0 Å². The molecule has 0 heterocycles. The molecule has 0 saturated heterocycles. The zero-order valence-electron chi connectivity index (χ0n) is 6.87. The normalized spacial score (nSPS) is 11.8. The van der Waals surface area contributed by atoms with Gasteiger partial charge in [-0.1, -0.05) is 9.39 Å². The largest absolute Gasteiger partial charge is 2.00 e. The molecule has 0 aliphatic rings. The van der Waals surface area contributed by atoms with E-state index < -0.39 is 18.6 Å². The van der Waals surface area contributed by atoms with Crippen molar-refractivity contribution in [2.75, 3.05) is 6.61 Å². The molecule has 0 rings (SSSR count). The fourth-order valence-corrected chi connectivity index (χ4v) is 0.450. The van der Waals surface area contributed by atoms with Gasteiger partial charge in [0.1, 0.15) is 6.04 Å². The summed E-state index contributed by atoms with van der Waals surface area (Å²) in [6.45, 7) is -0.390. The van der Waals surface area contributed by atoms with Crippen molar-refractivity contribution in [3.63, 3.8) is 0 Å². The molecule has 4 nitrogen and oxygen atoms in total. The summed E-state index contributed by atoms with van der Waals surface area (Å²) in [5, 5.41) is 18.7. The topological polar surface area (TPSA) is 69.6 Å². The summed E-state index contributed by atoms with van der Waals surface area (Å²) < 4.78 is 0. The van der Waals surface area contributed by atoms with Crippen LogP contribution >= 0.6 is 9.39 Å². The van der Waals surface area contributed by atoms with Crippen molar-refractivity contribution in [3.8, 4) is 0 Å². The molecule has 6 heteroatoms. The number of aliphatic carboxylic acids is 1. The standard InChI is InChI=1S/C3H8NO3P.Ca.2H/c5-1-2(4-8)3(6)7;;;/h2,4-5H,1,8H2,(H,6,7);;;/q;+2;2*-1.